The highest BCUT2D eigenvalue weighted by Crippen LogP contribution is 2.30. The minimum absolute atomic E-state index is 0.00209. The van der Waals surface area contributed by atoms with E-state index in [1.807, 2.05) is 11.8 Å². The van der Waals surface area contributed by atoms with Crippen LogP contribution in [0.2, 0.25) is 0 Å². The quantitative estimate of drug-likeness (QED) is 0.234. The van der Waals surface area contributed by atoms with Gasteiger partial charge in [-0.25, -0.2) is 4.79 Å². The van der Waals surface area contributed by atoms with Crippen LogP contribution in [0.3, 0.4) is 0 Å². The maximum absolute atomic E-state index is 13.2. The summed E-state index contributed by atoms with van der Waals surface area (Å²) < 4.78 is 5.24. The molecule has 5 N–H and O–H groups in total. The molecule has 1 saturated heterocycles. The third-order valence-corrected chi connectivity index (χ3v) is 7.46. The van der Waals surface area contributed by atoms with E-state index in [0.717, 1.165) is 51.4 Å². The maximum Gasteiger partial charge on any atom is 0.407 e. The predicted octanol–water partition coefficient (Wildman–Crippen LogP) is 3.33. The van der Waals surface area contributed by atoms with Crippen LogP contribution >= 0.6 is 12.2 Å². The molecule has 0 spiro atoms. The first-order valence-corrected chi connectivity index (χ1v) is 12.4. The van der Waals surface area contributed by atoms with E-state index in [1.165, 1.54) is 0 Å². The molecular formula is C23H41N5O3S. The molecule has 0 aromatic heterocycles. The van der Waals surface area contributed by atoms with Crippen LogP contribution in [0.4, 0.5) is 4.79 Å². The number of likely N-dealkylation sites (tertiary alicyclic amines) is 1. The largest absolute Gasteiger partial charge is 0.450 e. The third kappa shape index (κ3) is 6.80. The summed E-state index contributed by atoms with van der Waals surface area (Å²) in [6.07, 6.45) is 6.07. The summed E-state index contributed by atoms with van der Waals surface area (Å²) in [5, 5.41) is 13.8. The molecule has 2 amide bonds. The molecule has 0 aromatic carbocycles. The van der Waals surface area contributed by atoms with Crippen molar-refractivity contribution >= 4 is 35.0 Å². The molecule has 182 valence electrons. The van der Waals surface area contributed by atoms with E-state index in [4.69, 9.17) is 28.1 Å². The highest BCUT2D eigenvalue weighted by Gasteiger charge is 2.41. The number of carbonyl (C=O) groups excluding carboxylic acids is 2. The van der Waals surface area contributed by atoms with Crippen molar-refractivity contribution in [2.75, 3.05) is 13.2 Å². The molecule has 8 nitrogen and oxygen atoms in total. The summed E-state index contributed by atoms with van der Waals surface area (Å²) in [5.41, 5.74) is 5.36. The molecule has 1 aliphatic carbocycles. The summed E-state index contributed by atoms with van der Waals surface area (Å²) in [5.74, 6) is 0.378. The standard InChI is InChI=1S/C23H41N5O3S/c1-5-14-31-22(30)27-18(23(3,4)6-2)21(32)28-13-7-8-17(28)20(29)26-16-11-9-15(10-12-16)19(24)25/h15-18H,5-14H2,1-4H3,(H3,24,25)(H,26,29)(H,27,30)/t15?,16?,17-,18+/m0/s1. The molecule has 9 heteroatoms. The smallest absolute Gasteiger partial charge is 0.407 e. The Hall–Kier alpha value is -1.90. The Morgan fingerprint density at radius 1 is 1.22 bits per heavy atom. The minimum atomic E-state index is -0.469. The lowest BCUT2D eigenvalue weighted by Gasteiger charge is -2.39. The maximum atomic E-state index is 13.2. The molecule has 32 heavy (non-hydrogen) atoms. The van der Waals surface area contributed by atoms with Crippen molar-refractivity contribution in [2.24, 2.45) is 17.1 Å². The zero-order valence-electron chi connectivity index (χ0n) is 20.0. The summed E-state index contributed by atoms with van der Waals surface area (Å²) in [4.78, 5) is 28.1. The van der Waals surface area contributed by atoms with Gasteiger partial charge in [0, 0.05) is 18.5 Å². The van der Waals surface area contributed by atoms with Crippen LogP contribution in [0, 0.1) is 16.7 Å². The van der Waals surface area contributed by atoms with Crippen LogP contribution in [0.1, 0.15) is 79.1 Å². The van der Waals surface area contributed by atoms with Crippen molar-refractivity contribution in [1.29, 1.82) is 5.41 Å². The number of nitrogens with zero attached hydrogens (tertiary/aromatic N) is 1. The number of hydrogen-bond acceptors (Lipinski definition) is 5. The number of nitrogens with one attached hydrogen (secondary N) is 3. The number of alkyl carbamates (subject to hydrolysis) is 1. The zero-order chi connectivity index (χ0) is 23.9. The molecule has 1 aliphatic heterocycles. The molecule has 1 saturated carbocycles. The van der Waals surface area contributed by atoms with Crippen LogP contribution in [0.5, 0.6) is 0 Å². The first-order valence-electron chi connectivity index (χ1n) is 12.0. The third-order valence-electron chi connectivity index (χ3n) is 6.99. The van der Waals surface area contributed by atoms with E-state index in [2.05, 4.69) is 31.4 Å². The van der Waals surface area contributed by atoms with Gasteiger partial charge in [-0.2, -0.15) is 0 Å². The van der Waals surface area contributed by atoms with Crippen LogP contribution in [-0.2, 0) is 9.53 Å². The van der Waals surface area contributed by atoms with Gasteiger partial charge in [0.25, 0.3) is 0 Å². The molecule has 2 fully saturated rings. The Kier molecular flexibility index (Phi) is 9.73. The van der Waals surface area contributed by atoms with Gasteiger partial charge in [0.1, 0.15) is 11.0 Å². The lowest BCUT2D eigenvalue weighted by molar-refractivity contribution is -0.125. The lowest BCUT2D eigenvalue weighted by Crippen LogP contribution is -2.58. The van der Waals surface area contributed by atoms with E-state index in [-0.39, 0.29) is 35.2 Å². The van der Waals surface area contributed by atoms with Crippen LogP contribution in [0.25, 0.3) is 0 Å². The van der Waals surface area contributed by atoms with Crippen molar-refractivity contribution in [3.63, 3.8) is 0 Å². The van der Waals surface area contributed by atoms with Crippen LogP contribution in [0.15, 0.2) is 0 Å². The summed E-state index contributed by atoms with van der Waals surface area (Å²) in [6, 6.07) is -0.609. The van der Waals surface area contributed by atoms with E-state index < -0.39 is 12.1 Å². The highest BCUT2D eigenvalue weighted by molar-refractivity contribution is 7.80. The molecule has 0 aromatic rings. The van der Waals surface area contributed by atoms with Crippen molar-refractivity contribution in [1.82, 2.24) is 15.5 Å². The second-order valence-electron chi connectivity index (χ2n) is 9.76. The number of nitrogens with two attached hydrogens (primary N) is 1. The number of amides is 2. The van der Waals surface area contributed by atoms with Gasteiger partial charge < -0.3 is 26.0 Å². The van der Waals surface area contributed by atoms with Gasteiger partial charge in [0.05, 0.1) is 18.5 Å². The summed E-state index contributed by atoms with van der Waals surface area (Å²) in [6.45, 7) is 9.23. The van der Waals surface area contributed by atoms with Gasteiger partial charge in [0.2, 0.25) is 5.91 Å². The van der Waals surface area contributed by atoms with E-state index in [1.54, 1.807) is 0 Å². The highest BCUT2D eigenvalue weighted by atomic mass is 32.1. The van der Waals surface area contributed by atoms with Gasteiger partial charge in [-0.05, 0) is 56.8 Å². The average molecular weight is 468 g/mol. The lowest BCUT2D eigenvalue weighted by atomic mass is 9.81. The fourth-order valence-electron chi connectivity index (χ4n) is 4.46. The molecule has 0 unspecified atom stereocenters. The van der Waals surface area contributed by atoms with Crippen molar-refractivity contribution < 1.29 is 14.3 Å². The predicted molar refractivity (Wildman–Crippen MR) is 131 cm³/mol. The Bertz CT molecular complexity index is 691. The number of rotatable bonds is 9. The second-order valence-corrected chi connectivity index (χ2v) is 10.2. The fraction of sp³-hybridized carbons (Fsp3) is 0.826. The molecule has 2 rings (SSSR count). The number of carbonyl (C=O) groups is 2. The Morgan fingerprint density at radius 3 is 2.44 bits per heavy atom. The van der Waals surface area contributed by atoms with E-state index >= 15 is 0 Å². The molecule has 2 atom stereocenters. The Labute approximate surface area is 197 Å². The Balaban J connectivity index is 2.05. The zero-order valence-corrected chi connectivity index (χ0v) is 20.9. The van der Waals surface area contributed by atoms with Gasteiger partial charge in [-0.15, -0.1) is 0 Å². The number of thiocarbonyl (C=S) groups is 1. The van der Waals surface area contributed by atoms with Crippen LogP contribution in [-0.4, -0.2) is 59.0 Å². The average Bonchev–Trinajstić information content (AvgIpc) is 3.26. The van der Waals surface area contributed by atoms with E-state index in [9.17, 15) is 9.59 Å². The minimum Gasteiger partial charge on any atom is -0.450 e. The molecule has 2 aliphatic rings. The Morgan fingerprint density at radius 2 is 1.88 bits per heavy atom. The molecule has 1 heterocycles. The first kappa shape index (κ1) is 26.4. The van der Waals surface area contributed by atoms with Crippen LogP contribution < -0.4 is 16.4 Å². The topological polar surface area (TPSA) is 121 Å². The van der Waals surface area contributed by atoms with Gasteiger partial charge in [-0.1, -0.05) is 39.9 Å². The van der Waals surface area contributed by atoms with Crippen molar-refractivity contribution in [3.8, 4) is 0 Å². The van der Waals surface area contributed by atoms with Gasteiger partial charge >= 0.3 is 6.09 Å². The summed E-state index contributed by atoms with van der Waals surface area (Å²) in [7, 11) is 0. The van der Waals surface area contributed by atoms with Gasteiger partial charge in [0.15, 0.2) is 0 Å². The van der Waals surface area contributed by atoms with Crippen molar-refractivity contribution in [2.45, 2.75) is 97.2 Å². The second kappa shape index (κ2) is 11.8. The fourth-order valence-corrected chi connectivity index (χ4v) is 5.06. The number of hydrogen-bond donors (Lipinski definition) is 4. The molecular weight excluding hydrogens is 426 g/mol. The van der Waals surface area contributed by atoms with Gasteiger partial charge in [-0.3, -0.25) is 10.2 Å². The normalized spacial score (nSPS) is 24.5. The van der Waals surface area contributed by atoms with E-state index in [0.29, 0.717) is 18.1 Å². The summed E-state index contributed by atoms with van der Waals surface area (Å²) >= 11 is 5.86. The monoisotopic (exact) mass is 467 g/mol. The SMILES string of the molecule is CCCOC(=O)N[C@H](C(=S)N1CCC[C@H]1C(=O)NC1CCC(C(=N)N)CC1)C(C)(C)CC. The van der Waals surface area contributed by atoms with Crippen molar-refractivity contribution in [3.05, 3.63) is 0 Å². The first-order chi connectivity index (χ1) is 15.1. The number of amidine groups is 1. The molecule has 0 bridgehead atoms. The number of ether oxygens (including phenoxy) is 1. The molecule has 0 radical (unpaired) electrons.